The number of hydrogen-bond acceptors (Lipinski definition) is 3. The summed E-state index contributed by atoms with van der Waals surface area (Å²) in [7, 11) is 4.37. The van der Waals surface area contributed by atoms with Crippen LogP contribution in [-0.4, -0.2) is 70.5 Å². The Balaban J connectivity index is 3.22. The van der Waals surface area contributed by atoms with Crippen molar-refractivity contribution in [1.29, 1.82) is 0 Å². The van der Waals surface area contributed by atoms with Crippen molar-refractivity contribution in [2.24, 2.45) is 0 Å². The standard InChI is InChI=1S/C13H26N2O3/c1-5-13(16)14-7-9-17-11-12-18-10-8-15(3,4)6-2/h5H,1,6-12H2,2-4H3/p+1. The van der Waals surface area contributed by atoms with Crippen molar-refractivity contribution in [2.75, 3.05) is 60.2 Å². The average molecular weight is 259 g/mol. The molecule has 0 fully saturated rings. The molecule has 5 heteroatoms. The second-order valence-corrected chi connectivity index (χ2v) is 4.70. The van der Waals surface area contributed by atoms with E-state index in [2.05, 4.69) is 32.9 Å². The Morgan fingerprint density at radius 3 is 2.39 bits per heavy atom. The third-order valence-electron chi connectivity index (χ3n) is 2.80. The summed E-state index contributed by atoms with van der Waals surface area (Å²) in [4.78, 5) is 10.8. The number of likely N-dealkylation sites (N-methyl/N-ethyl adjacent to an activating group) is 1. The van der Waals surface area contributed by atoms with Gasteiger partial charge in [0.2, 0.25) is 5.91 Å². The maximum atomic E-state index is 10.8. The van der Waals surface area contributed by atoms with E-state index in [9.17, 15) is 4.79 Å². The fourth-order valence-corrected chi connectivity index (χ4v) is 1.11. The number of nitrogens with one attached hydrogen (secondary N) is 1. The van der Waals surface area contributed by atoms with Crippen molar-refractivity contribution in [2.45, 2.75) is 6.92 Å². The number of rotatable bonds is 11. The lowest BCUT2D eigenvalue weighted by molar-refractivity contribution is -0.888. The normalized spacial score (nSPS) is 11.3. The van der Waals surface area contributed by atoms with Crippen LogP contribution in [0.1, 0.15) is 6.92 Å². The second kappa shape index (κ2) is 10.1. The van der Waals surface area contributed by atoms with Crippen molar-refractivity contribution >= 4 is 5.91 Å². The van der Waals surface area contributed by atoms with Gasteiger partial charge in [-0.1, -0.05) is 6.58 Å². The van der Waals surface area contributed by atoms with Crippen LogP contribution in [0.5, 0.6) is 0 Å². The molecular formula is C13H27N2O3+. The highest BCUT2D eigenvalue weighted by Crippen LogP contribution is 1.94. The zero-order valence-electron chi connectivity index (χ0n) is 11.9. The Morgan fingerprint density at radius 2 is 1.83 bits per heavy atom. The molecule has 5 nitrogen and oxygen atoms in total. The molecule has 106 valence electrons. The molecule has 0 aliphatic carbocycles. The number of carbonyl (C=O) groups is 1. The molecule has 0 saturated carbocycles. The number of quaternary nitrogens is 1. The van der Waals surface area contributed by atoms with Crippen molar-refractivity contribution in [3.63, 3.8) is 0 Å². The first kappa shape index (κ1) is 17.1. The molecular weight excluding hydrogens is 232 g/mol. The minimum absolute atomic E-state index is 0.172. The van der Waals surface area contributed by atoms with Gasteiger partial charge < -0.3 is 19.3 Å². The van der Waals surface area contributed by atoms with Crippen molar-refractivity contribution in [3.8, 4) is 0 Å². The van der Waals surface area contributed by atoms with Crippen molar-refractivity contribution in [3.05, 3.63) is 12.7 Å². The van der Waals surface area contributed by atoms with Crippen molar-refractivity contribution in [1.82, 2.24) is 5.32 Å². The summed E-state index contributed by atoms with van der Waals surface area (Å²) in [6, 6.07) is 0. The highest BCUT2D eigenvalue weighted by molar-refractivity contribution is 5.86. The average Bonchev–Trinajstić information content (AvgIpc) is 2.36. The molecule has 0 unspecified atom stereocenters. The van der Waals surface area contributed by atoms with Crippen molar-refractivity contribution < 1.29 is 18.8 Å². The first-order valence-corrected chi connectivity index (χ1v) is 6.39. The van der Waals surface area contributed by atoms with Crippen LogP contribution in [0.15, 0.2) is 12.7 Å². The van der Waals surface area contributed by atoms with Crippen LogP contribution in [-0.2, 0) is 14.3 Å². The maximum absolute atomic E-state index is 10.8. The van der Waals surface area contributed by atoms with Gasteiger partial charge in [-0.25, -0.2) is 0 Å². The van der Waals surface area contributed by atoms with Crippen LogP contribution in [0.4, 0.5) is 0 Å². The smallest absolute Gasteiger partial charge is 0.243 e. The Kier molecular flexibility index (Phi) is 9.55. The third-order valence-corrected chi connectivity index (χ3v) is 2.80. The molecule has 0 aromatic carbocycles. The minimum Gasteiger partial charge on any atom is -0.377 e. The maximum Gasteiger partial charge on any atom is 0.243 e. The van der Waals surface area contributed by atoms with Gasteiger partial charge in [0.05, 0.1) is 47.1 Å². The van der Waals surface area contributed by atoms with E-state index in [1.54, 1.807) is 0 Å². The van der Waals surface area contributed by atoms with Gasteiger partial charge in [0, 0.05) is 6.54 Å². The van der Waals surface area contributed by atoms with Crippen LogP contribution in [0.3, 0.4) is 0 Å². The number of carbonyl (C=O) groups excluding carboxylic acids is 1. The Hall–Kier alpha value is -0.910. The lowest BCUT2D eigenvalue weighted by Crippen LogP contribution is -2.42. The number of nitrogens with zero attached hydrogens (tertiary/aromatic N) is 1. The van der Waals surface area contributed by atoms with Gasteiger partial charge in [0.1, 0.15) is 6.54 Å². The third kappa shape index (κ3) is 10.3. The Morgan fingerprint density at radius 1 is 1.22 bits per heavy atom. The molecule has 0 saturated heterocycles. The van der Waals surface area contributed by atoms with E-state index in [0.717, 1.165) is 24.2 Å². The number of hydrogen-bond donors (Lipinski definition) is 1. The molecule has 1 amide bonds. The quantitative estimate of drug-likeness (QED) is 0.332. The lowest BCUT2D eigenvalue weighted by Gasteiger charge is -2.27. The SMILES string of the molecule is C=CC(=O)NCCOCCOCC[N+](C)(C)CC. The molecule has 0 aliphatic heterocycles. The van der Waals surface area contributed by atoms with Crippen LogP contribution < -0.4 is 5.32 Å². The van der Waals surface area contributed by atoms with E-state index in [0.29, 0.717) is 26.4 Å². The van der Waals surface area contributed by atoms with E-state index >= 15 is 0 Å². The molecule has 0 spiro atoms. The number of amides is 1. The van der Waals surface area contributed by atoms with E-state index in [-0.39, 0.29) is 5.91 Å². The van der Waals surface area contributed by atoms with E-state index in [1.807, 2.05) is 0 Å². The van der Waals surface area contributed by atoms with Crippen LogP contribution in [0.2, 0.25) is 0 Å². The van der Waals surface area contributed by atoms with E-state index in [4.69, 9.17) is 9.47 Å². The number of ether oxygens (including phenoxy) is 2. The Labute approximate surface area is 110 Å². The lowest BCUT2D eigenvalue weighted by atomic mass is 10.4. The summed E-state index contributed by atoms with van der Waals surface area (Å²) in [6.45, 7) is 10.5. The van der Waals surface area contributed by atoms with Crippen LogP contribution in [0.25, 0.3) is 0 Å². The minimum atomic E-state index is -0.172. The molecule has 0 heterocycles. The molecule has 0 bridgehead atoms. The van der Waals surface area contributed by atoms with Crippen LogP contribution >= 0.6 is 0 Å². The zero-order chi connectivity index (χ0) is 13.9. The molecule has 0 rings (SSSR count). The summed E-state index contributed by atoms with van der Waals surface area (Å²) in [6.07, 6.45) is 1.25. The molecule has 18 heavy (non-hydrogen) atoms. The molecule has 0 aromatic heterocycles. The van der Waals surface area contributed by atoms with Gasteiger partial charge in [-0.3, -0.25) is 4.79 Å². The highest BCUT2D eigenvalue weighted by atomic mass is 16.5. The summed E-state index contributed by atoms with van der Waals surface area (Å²) < 4.78 is 11.8. The summed E-state index contributed by atoms with van der Waals surface area (Å²) in [5, 5.41) is 2.64. The monoisotopic (exact) mass is 259 g/mol. The second-order valence-electron chi connectivity index (χ2n) is 4.70. The van der Waals surface area contributed by atoms with Gasteiger partial charge in [-0.2, -0.15) is 0 Å². The van der Waals surface area contributed by atoms with Gasteiger partial charge in [-0.05, 0) is 13.0 Å². The van der Waals surface area contributed by atoms with Crippen LogP contribution in [0, 0.1) is 0 Å². The van der Waals surface area contributed by atoms with Gasteiger partial charge in [0.15, 0.2) is 0 Å². The summed E-state index contributed by atoms with van der Waals surface area (Å²) in [5.74, 6) is -0.172. The molecule has 0 radical (unpaired) electrons. The fourth-order valence-electron chi connectivity index (χ4n) is 1.11. The topological polar surface area (TPSA) is 47.6 Å². The first-order chi connectivity index (χ1) is 8.52. The highest BCUT2D eigenvalue weighted by Gasteiger charge is 2.10. The van der Waals surface area contributed by atoms with E-state index < -0.39 is 0 Å². The summed E-state index contributed by atoms with van der Waals surface area (Å²) in [5.41, 5.74) is 0. The predicted octanol–water partition coefficient (Wildman–Crippen LogP) is 0.418. The Bertz CT molecular complexity index is 242. The molecule has 1 N–H and O–H groups in total. The largest absolute Gasteiger partial charge is 0.377 e. The fraction of sp³-hybridized carbons (Fsp3) is 0.769. The molecule has 0 atom stereocenters. The first-order valence-electron chi connectivity index (χ1n) is 6.39. The summed E-state index contributed by atoms with van der Waals surface area (Å²) >= 11 is 0. The zero-order valence-corrected chi connectivity index (χ0v) is 11.9. The van der Waals surface area contributed by atoms with Gasteiger partial charge >= 0.3 is 0 Å². The van der Waals surface area contributed by atoms with E-state index in [1.165, 1.54) is 6.08 Å². The van der Waals surface area contributed by atoms with Gasteiger partial charge in [-0.15, -0.1) is 0 Å². The molecule has 0 aliphatic rings. The predicted molar refractivity (Wildman–Crippen MR) is 72.4 cm³/mol. The molecule has 0 aromatic rings. The van der Waals surface area contributed by atoms with Gasteiger partial charge in [0.25, 0.3) is 0 Å².